The van der Waals surface area contributed by atoms with E-state index in [0.29, 0.717) is 5.75 Å². The van der Waals surface area contributed by atoms with Crippen molar-refractivity contribution >= 4 is 11.6 Å². The number of nitrogens with one attached hydrogen (secondary N) is 2. The topological polar surface area (TPSA) is 76.1 Å². The monoisotopic (exact) mass is 306 g/mol. The number of carbonyl (C=O) groups is 1. The molecule has 3 aromatic rings. The van der Waals surface area contributed by atoms with E-state index in [1.807, 2.05) is 30.3 Å². The van der Waals surface area contributed by atoms with Crippen molar-refractivity contribution < 1.29 is 9.53 Å². The predicted octanol–water partition coefficient (Wildman–Crippen LogP) is 3.03. The van der Waals surface area contributed by atoms with Crippen LogP contribution in [0.25, 0.3) is 0 Å². The lowest BCUT2D eigenvalue weighted by Gasteiger charge is -2.09. The third-order valence-corrected chi connectivity index (χ3v) is 2.92. The van der Waals surface area contributed by atoms with E-state index in [4.69, 9.17) is 4.74 Å². The maximum Gasteiger partial charge on any atom is 0.307 e. The lowest BCUT2D eigenvalue weighted by atomic mass is 10.3. The van der Waals surface area contributed by atoms with Gasteiger partial charge in [-0.2, -0.15) is 0 Å². The highest BCUT2D eigenvalue weighted by atomic mass is 16.5. The number of benzene rings is 2. The molecule has 1 amide bonds. The maximum atomic E-state index is 11.8. The second kappa shape index (κ2) is 7.04. The zero-order chi connectivity index (χ0) is 15.9. The zero-order valence-corrected chi connectivity index (χ0v) is 12.1. The van der Waals surface area contributed by atoms with Gasteiger partial charge in [-0.25, -0.2) is 9.97 Å². The fraction of sp³-hybridized carbons (Fsp3) is 0. The summed E-state index contributed by atoms with van der Waals surface area (Å²) in [6.45, 7) is 0. The minimum absolute atomic E-state index is 0.101. The molecule has 0 aliphatic carbocycles. The van der Waals surface area contributed by atoms with Crippen molar-refractivity contribution in [1.29, 1.82) is 0 Å². The number of nitrogens with zero attached hydrogens (tertiary/aromatic N) is 2. The van der Waals surface area contributed by atoms with Crippen molar-refractivity contribution in [2.75, 3.05) is 5.43 Å². The predicted molar refractivity (Wildman–Crippen MR) is 86.1 cm³/mol. The van der Waals surface area contributed by atoms with Crippen LogP contribution in [0.4, 0.5) is 5.69 Å². The van der Waals surface area contributed by atoms with Gasteiger partial charge in [0.05, 0.1) is 5.69 Å². The van der Waals surface area contributed by atoms with Crippen molar-refractivity contribution in [3.05, 3.63) is 78.9 Å². The second-order valence-corrected chi connectivity index (χ2v) is 4.59. The van der Waals surface area contributed by atoms with Gasteiger partial charge >= 0.3 is 5.91 Å². The Hall–Kier alpha value is -3.41. The highest BCUT2D eigenvalue weighted by Crippen LogP contribution is 2.22. The van der Waals surface area contributed by atoms with E-state index in [1.54, 1.807) is 30.3 Å². The Kier molecular flexibility index (Phi) is 4.44. The van der Waals surface area contributed by atoms with E-state index in [0.717, 1.165) is 11.4 Å². The molecule has 0 aliphatic heterocycles. The van der Waals surface area contributed by atoms with Gasteiger partial charge in [-0.05, 0) is 42.5 Å². The van der Waals surface area contributed by atoms with E-state index < -0.39 is 5.91 Å². The van der Waals surface area contributed by atoms with Crippen molar-refractivity contribution in [3.8, 4) is 11.5 Å². The SMILES string of the molecule is O=C(NNc1ccc(Oc2ccccc2)cc1)c1ncccn1. The van der Waals surface area contributed by atoms with Crippen LogP contribution in [0.5, 0.6) is 11.5 Å². The summed E-state index contributed by atoms with van der Waals surface area (Å²) in [6, 6.07) is 18.4. The van der Waals surface area contributed by atoms with Gasteiger partial charge in [0.2, 0.25) is 5.82 Å². The first-order valence-electron chi connectivity index (χ1n) is 6.97. The first kappa shape index (κ1) is 14.5. The van der Waals surface area contributed by atoms with Crippen LogP contribution < -0.4 is 15.6 Å². The molecule has 3 rings (SSSR count). The summed E-state index contributed by atoms with van der Waals surface area (Å²) in [5.41, 5.74) is 6.05. The first-order chi connectivity index (χ1) is 11.3. The van der Waals surface area contributed by atoms with Gasteiger partial charge in [0.1, 0.15) is 11.5 Å². The first-order valence-corrected chi connectivity index (χ1v) is 6.97. The van der Waals surface area contributed by atoms with Gasteiger partial charge in [0, 0.05) is 12.4 Å². The van der Waals surface area contributed by atoms with E-state index in [9.17, 15) is 4.79 Å². The number of aromatic nitrogens is 2. The molecular formula is C17H14N4O2. The van der Waals surface area contributed by atoms with Gasteiger partial charge in [0.25, 0.3) is 0 Å². The summed E-state index contributed by atoms with van der Waals surface area (Å²) in [4.78, 5) is 19.5. The fourth-order valence-electron chi connectivity index (χ4n) is 1.83. The number of ether oxygens (including phenoxy) is 1. The molecular weight excluding hydrogens is 292 g/mol. The second-order valence-electron chi connectivity index (χ2n) is 4.59. The number of hydrogen-bond acceptors (Lipinski definition) is 5. The molecule has 0 saturated carbocycles. The zero-order valence-electron chi connectivity index (χ0n) is 12.1. The van der Waals surface area contributed by atoms with E-state index in [-0.39, 0.29) is 5.82 Å². The Morgan fingerprint density at radius 2 is 1.48 bits per heavy atom. The van der Waals surface area contributed by atoms with Gasteiger partial charge in [-0.3, -0.25) is 15.6 Å². The third-order valence-electron chi connectivity index (χ3n) is 2.92. The molecule has 0 fully saturated rings. The van der Waals surface area contributed by atoms with Gasteiger partial charge in [0.15, 0.2) is 0 Å². The Labute approximate surface area is 133 Å². The third kappa shape index (κ3) is 4.04. The molecule has 114 valence electrons. The van der Waals surface area contributed by atoms with Crippen LogP contribution in [-0.4, -0.2) is 15.9 Å². The number of hydrogen-bond donors (Lipinski definition) is 2. The Morgan fingerprint density at radius 3 is 2.17 bits per heavy atom. The molecule has 6 heteroatoms. The van der Waals surface area contributed by atoms with E-state index in [1.165, 1.54) is 12.4 Å². The molecule has 2 aromatic carbocycles. The van der Waals surface area contributed by atoms with Gasteiger partial charge in [-0.1, -0.05) is 18.2 Å². The van der Waals surface area contributed by atoms with Crippen LogP contribution in [0.15, 0.2) is 73.1 Å². The number of amides is 1. The molecule has 1 aromatic heterocycles. The lowest BCUT2D eigenvalue weighted by Crippen LogP contribution is -2.30. The minimum Gasteiger partial charge on any atom is -0.457 e. The summed E-state index contributed by atoms with van der Waals surface area (Å²) in [5, 5.41) is 0. The maximum absolute atomic E-state index is 11.8. The number of para-hydroxylation sites is 1. The highest BCUT2D eigenvalue weighted by Gasteiger charge is 2.06. The van der Waals surface area contributed by atoms with E-state index in [2.05, 4.69) is 20.8 Å². The molecule has 0 spiro atoms. The molecule has 0 atom stereocenters. The average Bonchev–Trinajstić information content (AvgIpc) is 2.62. The molecule has 0 unspecified atom stereocenters. The van der Waals surface area contributed by atoms with E-state index >= 15 is 0 Å². The van der Waals surface area contributed by atoms with Gasteiger partial charge < -0.3 is 4.74 Å². The molecule has 1 heterocycles. The summed E-state index contributed by atoms with van der Waals surface area (Å²) in [5.74, 6) is 1.17. The smallest absolute Gasteiger partial charge is 0.307 e. The number of carbonyl (C=O) groups excluding carboxylic acids is 1. The quantitative estimate of drug-likeness (QED) is 0.709. The summed E-state index contributed by atoms with van der Waals surface area (Å²) >= 11 is 0. The van der Waals surface area contributed by atoms with Crippen molar-refractivity contribution in [2.24, 2.45) is 0 Å². The Bertz CT molecular complexity index is 762. The molecule has 2 N–H and O–H groups in total. The van der Waals surface area contributed by atoms with Crippen LogP contribution >= 0.6 is 0 Å². The molecule has 0 saturated heterocycles. The normalized spacial score (nSPS) is 9.91. The summed E-state index contributed by atoms with van der Waals surface area (Å²) < 4.78 is 5.69. The summed E-state index contributed by atoms with van der Waals surface area (Å²) in [7, 11) is 0. The summed E-state index contributed by atoms with van der Waals surface area (Å²) in [6.07, 6.45) is 3.02. The van der Waals surface area contributed by atoms with Crippen LogP contribution in [0, 0.1) is 0 Å². The molecule has 6 nitrogen and oxygen atoms in total. The Balaban J connectivity index is 1.56. The minimum atomic E-state index is -0.407. The van der Waals surface area contributed by atoms with Crippen molar-refractivity contribution in [1.82, 2.24) is 15.4 Å². The highest BCUT2D eigenvalue weighted by molar-refractivity contribution is 5.91. The number of rotatable bonds is 5. The molecule has 0 radical (unpaired) electrons. The Morgan fingerprint density at radius 1 is 0.826 bits per heavy atom. The average molecular weight is 306 g/mol. The number of hydrazine groups is 1. The van der Waals surface area contributed by atoms with Crippen LogP contribution in [0.2, 0.25) is 0 Å². The molecule has 0 aliphatic rings. The number of anilines is 1. The van der Waals surface area contributed by atoms with Crippen molar-refractivity contribution in [3.63, 3.8) is 0 Å². The van der Waals surface area contributed by atoms with Crippen LogP contribution in [0.3, 0.4) is 0 Å². The van der Waals surface area contributed by atoms with Crippen LogP contribution in [0.1, 0.15) is 10.6 Å². The van der Waals surface area contributed by atoms with Gasteiger partial charge in [-0.15, -0.1) is 0 Å². The molecule has 0 bridgehead atoms. The largest absolute Gasteiger partial charge is 0.457 e. The van der Waals surface area contributed by atoms with Crippen LogP contribution in [-0.2, 0) is 0 Å². The fourth-order valence-corrected chi connectivity index (χ4v) is 1.83. The standard InChI is InChI=1S/C17H14N4O2/c22-17(16-18-11-4-12-19-16)21-20-13-7-9-15(10-8-13)23-14-5-2-1-3-6-14/h1-12,20H,(H,21,22). The lowest BCUT2D eigenvalue weighted by molar-refractivity contribution is 0.0952. The van der Waals surface area contributed by atoms with Crippen molar-refractivity contribution in [2.45, 2.75) is 0 Å². The molecule has 23 heavy (non-hydrogen) atoms.